The summed E-state index contributed by atoms with van der Waals surface area (Å²) in [7, 11) is -3.98. The molecule has 0 atom stereocenters. The molecule has 0 aliphatic carbocycles. The van der Waals surface area contributed by atoms with Gasteiger partial charge in [-0.05, 0) is 36.4 Å². The van der Waals surface area contributed by atoms with Gasteiger partial charge in [0.2, 0.25) is 10.0 Å². The van der Waals surface area contributed by atoms with Crippen molar-refractivity contribution < 1.29 is 22.0 Å². The van der Waals surface area contributed by atoms with Crippen LogP contribution in [0.4, 0.5) is 8.78 Å². The summed E-state index contributed by atoms with van der Waals surface area (Å²) in [5, 5.41) is 0.677. The standard InChI is InChI=1S/C22H16ClF2N3O4S/c1-33(31,32)27-22(30)20-19(15-3-2-8-26-21(15)29)16-9-13(23)5-7-18(16)28(20)11-12-4-6-14(24)10-17(12)25/h2-10H,11H2,1H3,(H,26,29)(H,27,30). The van der Waals surface area contributed by atoms with Crippen LogP contribution < -0.4 is 10.3 Å². The van der Waals surface area contributed by atoms with Gasteiger partial charge in [-0.1, -0.05) is 17.7 Å². The van der Waals surface area contributed by atoms with Crippen LogP contribution in [0, 0.1) is 11.6 Å². The molecule has 0 spiro atoms. The number of sulfonamides is 1. The minimum Gasteiger partial charge on any atom is -0.331 e. The number of nitrogens with one attached hydrogen (secondary N) is 2. The number of H-pyrrole nitrogens is 1. The highest BCUT2D eigenvalue weighted by Crippen LogP contribution is 2.36. The molecule has 2 heterocycles. The van der Waals surface area contributed by atoms with Crippen LogP contribution in [0.2, 0.25) is 5.02 Å². The Labute approximate surface area is 191 Å². The molecule has 2 aromatic heterocycles. The van der Waals surface area contributed by atoms with Crippen LogP contribution in [0.3, 0.4) is 0 Å². The monoisotopic (exact) mass is 491 g/mol. The van der Waals surface area contributed by atoms with E-state index >= 15 is 0 Å². The summed E-state index contributed by atoms with van der Waals surface area (Å²) < 4.78 is 54.8. The number of nitrogens with zero attached hydrogens (tertiary/aromatic N) is 1. The van der Waals surface area contributed by atoms with E-state index in [1.807, 2.05) is 4.72 Å². The first-order chi connectivity index (χ1) is 15.5. The molecule has 0 fully saturated rings. The smallest absolute Gasteiger partial charge is 0.282 e. The van der Waals surface area contributed by atoms with Gasteiger partial charge in [-0.3, -0.25) is 9.59 Å². The molecule has 33 heavy (non-hydrogen) atoms. The second-order valence-corrected chi connectivity index (χ2v) is 9.51. The van der Waals surface area contributed by atoms with Crippen molar-refractivity contribution in [2.75, 3.05) is 6.26 Å². The summed E-state index contributed by atoms with van der Waals surface area (Å²) in [5.41, 5.74) is -0.0824. The molecule has 0 aliphatic heterocycles. The van der Waals surface area contributed by atoms with Crippen molar-refractivity contribution in [3.63, 3.8) is 0 Å². The van der Waals surface area contributed by atoms with Crippen LogP contribution in [0.5, 0.6) is 0 Å². The molecule has 2 N–H and O–H groups in total. The summed E-state index contributed by atoms with van der Waals surface area (Å²) in [5.74, 6) is -2.64. The van der Waals surface area contributed by atoms with Crippen LogP contribution in [0.25, 0.3) is 22.0 Å². The minimum atomic E-state index is -3.98. The van der Waals surface area contributed by atoms with E-state index < -0.39 is 33.1 Å². The van der Waals surface area contributed by atoms with E-state index in [1.54, 1.807) is 18.2 Å². The number of benzene rings is 2. The molecule has 4 rings (SSSR count). The molecule has 11 heteroatoms. The van der Waals surface area contributed by atoms with Crippen LogP contribution in [-0.2, 0) is 16.6 Å². The predicted octanol–water partition coefficient (Wildman–Crippen LogP) is 3.67. The lowest BCUT2D eigenvalue weighted by atomic mass is 10.0. The zero-order valence-electron chi connectivity index (χ0n) is 17.0. The van der Waals surface area contributed by atoms with Gasteiger partial charge in [-0.15, -0.1) is 0 Å². The van der Waals surface area contributed by atoms with Crippen LogP contribution in [0.1, 0.15) is 16.1 Å². The van der Waals surface area contributed by atoms with Crippen molar-refractivity contribution in [3.05, 3.63) is 93.0 Å². The first kappa shape index (κ1) is 22.7. The Morgan fingerprint density at radius 2 is 1.91 bits per heavy atom. The van der Waals surface area contributed by atoms with Crippen molar-refractivity contribution in [1.82, 2.24) is 14.3 Å². The number of amides is 1. The summed E-state index contributed by atoms with van der Waals surface area (Å²) in [6.07, 6.45) is 2.21. The minimum absolute atomic E-state index is 0.0465. The van der Waals surface area contributed by atoms with Crippen LogP contribution in [-0.4, -0.2) is 30.1 Å². The van der Waals surface area contributed by atoms with Gasteiger partial charge in [0.15, 0.2) is 0 Å². The number of carbonyl (C=O) groups is 1. The fourth-order valence-corrected chi connectivity index (χ4v) is 4.26. The van der Waals surface area contributed by atoms with Crippen LogP contribution >= 0.6 is 11.6 Å². The Balaban J connectivity index is 2.09. The normalized spacial score (nSPS) is 11.6. The van der Waals surface area contributed by atoms with E-state index in [-0.39, 0.29) is 28.9 Å². The molecule has 0 radical (unpaired) electrons. The Bertz CT molecular complexity index is 1580. The van der Waals surface area contributed by atoms with Crippen molar-refractivity contribution in [2.24, 2.45) is 0 Å². The van der Waals surface area contributed by atoms with Crippen molar-refractivity contribution in [3.8, 4) is 11.1 Å². The number of halogens is 3. The fourth-order valence-electron chi connectivity index (χ4n) is 3.66. The molecule has 0 saturated carbocycles. The van der Waals surface area contributed by atoms with Crippen LogP contribution in [0.15, 0.2) is 59.5 Å². The predicted molar refractivity (Wildman–Crippen MR) is 121 cm³/mol. The van der Waals surface area contributed by atoms with Gasteiger partial charge >= 0.3 is 0 Å². The number of fused-ring (bicyclic) bond motifs is 1. The summed E-state index contributed by atoms with van der Waals surface area (Å²) in [6.45, 7) is -0.249. The van der Waals surface area contributed by atoms with Gasteiger partial charge < -0.3 is 9.55 Å². The number of aromatic amines is 1. The average molecular weight is 492 g/mol. The lowest BCUT2D eigenvalue weighted by Gasteiger charge is -2.13. The first-order valence-electron chi connectivity index (χ1n) is 9.51. The molecule has 4 aromatic rings. The lowest BCUT2D eigenvalue weighted by molar-refractivity contribution is 0.0974. The number of hydrogen-bond donors (Lipinski definition) is 2. The maximum atomic E-state index is 14.5. The molecular formula is C22H16ClF2N3O4S. The first-order valence-corrected chi connectivity index (χ1v) is 11.8. The lowest BCUT2D eigenvalue weighted by Crippen LogP contribution is -2.32. The highest BCUT2D eigenvalue weighted by molar-refractivity contribution is 7.89. The molecule has 0 saturated heterocycles. The Morgan fingerprint density at radius 1 is 1.15 bits per heavy atom. The second kappa shape index (κ2) is 8.45. The Kier molecular flexibility index (Phi) is 5.81. The molecule has 0 aliphatic rings. The maximum absolute atomic E-state index is 14.5. The average Bonchev–Trinajstić information content (AvgIpc) is 3.02. The number of hydrogen-bond acceptors (Lipinski definition) is 4. The molecule has 0 unspecified atom stereocenters. The van der Waals surface area contributed by atoms with E-state index in [4.69, 9.17) is 11.6 Å². The number of rotatable bonds is 5. The molecule has 170 valence electrons. The van der Waals surface area contributed by atoms with Gasteiger partial charge in [-0.25, -0.2) is 21.9 Å². The maximum Gasteiger partial charge on any atom is 0.282 e. The topological polar surface area (TPSA) is 101 Å². The number of aromatic nitrogens is 2. The number of carbonyl (C=O) groups excluding carboxylic acids is 1. The molecular weight excluding hydrogens is 476 g/mol. The SMILES string of the molecule is CS(=O)(=O)NC(=O)c1c(-c2ccc[nH]c2=O)c2cc(Cl)ccc2n1Cc1ccc(F)cc1F. The zero-order valence-corrected chi connectivity index (χ0v) is 18.6. The quantitative estimate of drug-likeness (QED) is 0.445. The van der Waals surface area contributed by atoms with Crippen molar-refractivity contribution in [1.29, 1.82) is 0 Å². The van der Waals surface area contributed by atoms with Gasteiger partial charge in [-0.2, -0.15) is 0 Å². The largest absolute Gasteiger partial charge is 0.331 e. The summed E-state index contributed by atoms with van der Waals surface area (Å²) in [6, 6.07) is 10.6. The van der Waals surface area contributed by atoms with E-state index in [1.165, 1.54) is 29.0 Å². The second-order valence-electron chi connectivity index (χ2n) is 7.32. The van der Waals surface area contributed by atoms with Crippen molar-refractivity contribution in [2.45, 2.75) is 6.54 Å². The van der Waals surface area contributed by atoms with E-state index in [0.717, 1.165) is 12.3 Å². The summed E-state index contributed by atoms with van der Waals surface area (Å²) in [4.78, 5) is 28.3. The zero-order chi connectivity index (χ0) is 23.9. The Morgan fingerprint density at radius 3 is 2.58 bits per heavy atom. The van der Waals surface area contributed by atoms with E-state index in [0.29, 0.717) is 22.0 Å². The molecule has 1 amide bonds. The third-order valence-electron chi connectivity index (χ3n) is 4.95. The highest BCUT2D eigenvalue weighted by Gasteiger charge is 2.27. The van der Waals surface area contributed by atoms with E-state index in [9.17, 15) is 26.8 Å². The molecule has 7 nitrogen and oxygen atoms in total. The summed E-state index contributed by atoms with van der Waals surface area (Å²) >= 11 is 6.18. The van der Waals surface area contributed by atoms with E-state index in [2.05, 4.69) is 4.98 Å². The van der Waals surface area contributed by atoms with Crippen molar-refractivity contribution >= 4 is 38.4 Å². The fraction of sp³-hybridized carbons (Fsp3) is 0.0909. The van der Waals surface area contributed by atoms with Gasteiger partial charge in [0, 0.05) is 44.9 Å². The third-order valence-corrected chi connectivity index (χ3v) is 5.74. The third kappa shape index (κ3) is 4.53. The molecule has 2 aromatic carbocycles. The highest BCUT2D eigenvalue weighted by atomic mass is 35.5. The van der Waals surface area contributed by atoms with Gasteiger partial charge in [0.05, 0.1) is 12.8 Å². The Hall–Kier alpha value is -3.50. The van der Waals surface area contributed by atoms with Gasteiger partial charge in [0.25, 0.3) is 11.5 Å². The number of pyridine rings is 1. The molecule has 0 bridgehead atoms. The van der Waals surface area contributed by atoms with Gasteiger partial charge in [0.1, 0.15) is 17.3 Å².